The van der Waals surface area contributed by atoms with Crippen LogP contribution >= 0.6 is 0 Å². The van der Waals surface area contributed by atoms with Gasteiger partial charge in [0.05, 0.1) is 11.1 Å². The van der Waals surface area contributed by atoms with Gasteiger partial charge < -0.3 is 9.47 Å². The van der Waals surface area contributed by atoms with E-state index in [4.69, 9.17) is 0 Å². The number of hydrogen-bond donors (Lipinski definition) is 0. The predicted octanol–water partition coefficient (Wildman–Crippen LogP) is 3.24. The van der Waals surface area contributed by atoms with Gasteiger partial charge >= 0.3 is 6.29 Å². The summed E-state index contributed by atoms with van der Waals surface area (Å²) in [5, 5.41) is 0. The minimum Gasteiger partial charge on any atom is -0.395 e. The maximum atomic E-state index is 13.2. The number of amides is 2. The summed E-state index contributed by atoms with van der Waals surface area (Å²) in [6.07, 6.45) is -2.87. The summed E-state index contributed by atoms with van der Waals surface area (Å²) in [6.45, 7) is 0.202. The zero-order chi connectivity index (χ0) is 17.6. The van der Waals surface area contributed by atoms with Crippen molar-refractivity contribution in [2.45, 2.75) is 19.1 Å². The first kappa shape index (κ1) is 15.6. The second-order valence-corrected chi connectivity index (χ2v) is 5.82. The fourth-order valence-corrected chi connectivity index (χ4v) is 3.09. The van der Waals surface area contributed by atoms with Gasteiger partial charge in [0.1, 0.15) is 0 Å². The number of nitrogens with zero attached hydrogens (tertiary/aromatic N) is 1. The van der Waals surface area contributed by atoms with Gasteiger partial charge in [-0.1, -0.05) is 24.3 Å². The maximum absolute atomic E-state index is 13.2. The van der Waals surface area contributed by atoms with Gasteiger partial charge in [0.15, 0.2) is 11.5 Å². The third-order valence-corrected chi connectivity index (χ3v) is 4.22. The Morgan fingerprint density at radius 1 is 0.920 bits per heavy atom. The Balaban J connectivity index is 1.44. The van der Waals surface area contributed by atoms with Gasteiger partial charge in [0.2, 0.25) is 0 Å². The molecule has 7 heteroatoms. The van der Waals surface area contributed by atoms with Crippen LogP contribution in [-0.2, 0) is 6.42 Å². The molecular weight excluding hydrogens is 332 g/mol. The molecule has 25 heavy (non-hydrogen) atoms. The number of carbonyl (C=O) groups excluding carboxylic acids is 2. The van der Waals surface area contributed by atoms with Gasteiger partial charge in [-0.15, -0.1) is 8.78 Å². The quantitative estimate of drug-likeness (QED) is 0.799. The molecule has 2 amide bonds. The summed E-state index contributed by atoms with van der Waals surface area (Å²) in [7, 11) is 0. The topological polar surface area (TPSA) is 55.8 Å². The molecule has 0 fully saturated rings. The van der Waals surface area contributed by atoms with E-state index < -0.39 is 6.29 Å². The lowest BCUT2D eigenvalue weighted by molar-refractivity contribution is -0.286. The van der Waals surface area contributed by atoms with E-state index in [-0.39, 0.29) is 29.9 Å². The summed E-state index contributed by atoms with van der Waals surface area (Å²) in [5.74, 6) is -0.659. The third kappa shape index (κ3) is 2.61. The molecule has 0 aliphatic carbocycles. The molecule has 2 heterocycles. The SMILES string of the molecule is O=C1c2ccccc2C(=O)N1CCCc1cccc2c1OC(F)(F)O2. The Labute approximate surface area is 141 Å². The van der Waals surface area contributed by atoms with E-state index in [1.807, 2.05) is 0 Å². The lowest BCUT2D eigenvalue weighted by Gasteiger charge is -2.14. The second kappa shape index (κ2) is 5.54. The summed E-state index contributed by atoms with van der Waals surface area (Å²) >= 11 is 0. The van der Waals surface area contributed by atoms with E-state index in [0.717, 1.165) is 0 Å². The van der Waals surface area contributed by atoms with Crippen molar-refractivity contribution in [1.29, 1.82) is 0 Å². The summed E-state index contributed by atoms with van der Waals surface area (Å²) in [6, 6.07) is 11.3. The first-order valence-electron chi connectivity index (χ1n) is 7.79. The zero-order valence-corrected chi connectivity index (χ0v) is 13.0. The fourth-order valence-electron chi connectivity index (χ4n) is 3.09. The second-order valence-electron chi connectivity index (χ2n) is 5.82. The smallest absolute Gasteiger partial charge is 0.395 e. The number of hydrogen-bond acceptors (Lipinski definition) is 4. The molecule has 2 aromatic rings. The van der Waals surface area contributed by atoms with Crippen molar-refractivity contribution < 1.29 is 27.8 Å². The maximum Gasteiger partial charge on any atom is 0.586 e. The monoisotopic (exact) mass is 345 g/mol. The highest BCUT2D eigenvalue weighted by Crippen LogP contribution is 2.43. The first-order chi connectivity index (χ1) is 12.0. The van der Waals surface area contributed by atoms with Gasteiger partial charge in [-0.2, -0.15) is 0 Å². The Morgan fingerprint density at radius 3 is 2.28 bits per heavy atom. The number of benzene rings is 2. The molecule has 0 bridgehead atoms. The Morgan fingerprint density at radius 2 is 1.60 bits per heavy atom. The van der Waals surface area contributed by atoms with E-state index in [2.05, 4.69) is 9.47 Å². The number of fused-ring (bicyclic) bond motifs is 2. The Kier molecular flexibility index (Phi) is 3.45. The van der Waals surface area contributed by atoms with Crippen LogP contribution < -0.4 is 9.47 Å². The van der Waals surface area contributed by atoms with Gasteiger partial charge in [0, 0.05) is 6.54 Å². The molecule has 128 valence electrons. The van der Waals surface area contributed by atoms with Crippen LogP contribution in [0.2, 0.25) is 0 Å². The van der Waals surface area contributed by atoms with Crippen LogP contribution in [-0.4, -0.2) is 29.6 Å². The van der Waals surface area contributed by atoms with Crippen molar-refractivity contribution in [1.82, 2.24) is 4.90 Å². The minimum absolute atomic E-state index is 0.00913. The first-order valence-corrected chi connectivity index (χ1v) is 7.79. The highest BCUT2D eigenvalue weighted by molar-refractivity contribution is 6.21. The Bertz CT molecular complexity index is 846. The number of alkyl halides is 2. The number of carbonyl (C=O) groups is 2. The lowest BCUT2D eigenvalue weighted by atomic mass is 10.1. The van der Waals surface area contributed by atoms with Crippen molar-refractivity contribution in [3.05, 3.63) is 59.2 Å². The highest BCUT2D eigenvalue weighted by atomic mass is 19.3. The average Bonchev–Trinajstić information content (AvgIpc) is 3.03. The molecule has 2 aliphatic rings. The van der Waals surface area contributed by atoms with Gasteiger partial charge in [-0.3, -0.25) is 14.5 Å². The van der Waals surface area contributed by atoms with Crippen molar-refractivity contribution >= 4 is 11.8 Å². The largest absolute Gasteiger partial charge is 0.586 e. The van der Waals surface area contributed by atoms with E-state index in [9.17, 15) is 18.4 Å². The molecule has 2 aromatic carbocycles. The van der Waals surface area contributed by atoms with Crippen LogP contribution in [0.1, 0.15) is 32.7 Å². The number of ether oxygens (including phenoxy) is 2. The van der Waals surface area contributed by atoms with Gasteiger partial charge in [-0.05, 0) is 36.6 Å². The molecule has 0 saturated carbocycles. The lowest BCUT2D eigenvalue weighted by Crippen LogP contribution is -2.31. The molecular formula is C18H13F2NO4. The number of rotatable bonds is 4. The van der Waals surface area contributed by atoms with Crippen LogP contribution in [0.3, 0.4) is 0 Å². The standard InChI is InChI=1S/C18H13F2NO4/c19-18(20)24-14-9-3-5-11(15(14)25-18)6-4-10-21-16(22)12-7-1-2-8-13(12)17(21)23/h1-3,5,7-9H,4,6,10H2. The molecule has 0 saturated heterocycles. The molecule has 0 spiro atoms. The number of aryl methyl sites for hydroxylation is 1. The predicted molar refractivity (Wildman–Crippen MR) is 82.8 cm³/mol. The summed E-state index contributed by atoms with van der Waals surface area (Å²) in [5.41, 5.74) is 1.33. The average molecular weight is 345 g/mol. The molecule has 5 nitrogen and oxygen atoms in total. The summed E-state index contributed by atoms with van der Waals surface area (Å²) in [4.78, 5) is 25.7. The van der Waals surface area contributed by atoms with Crippen LogP contribution in [0.15, 0.2) is 42.5 Å². The van der Waals surface area contributed by atoms with Crippen LogP contribution in [0, 0.1) is 0 Å². The van der Waals surface area contributed by atoms with Crippen LogP contribution in [0.5, 0.6) is 11.5 Å². The molecule has 0 atom stereocenters. The number of halogens is 2. The highest BCUT2D eigenvalue weighted by Gasteiger charge is 2.44. The Hall–Kier alpha value is -2.96. The zero-order valence-electron chi connectivity index (χ0n) is 13.0. The van der Waals surface area contributed by atoms with Crippen molar-refractivity contribution in [2.24, 2.45) is 0 Å². The van der Waals surface area contributed by atoms with E-state index >= 15 is 0 Å². The van der Waals surface area contributed by atoms with Crippen molar-refractivity contribution in [3.8, 4) is 11.5 Å². The molecule has 4 rings (SSSR count). The van der Waals surface area contributed by atoms with Crippen molar-refractivity contribution in [2.75, 3.05) is 6.54 Å². The van der Waals surface area contributed by atoms with Crippen molar-refractivity contribution in [3.63, 3.8) is 0 Å². The molecule has 0 N–H and O–H groups in total. The minimum atomic E-state index is -3.67. The molecule has 2 aliphatic heterocycles. The van der Waals surface area contributed by atoms with E-state index in [1.165, 1.54) is 11.0 Å². The molecule has 0 aromatic heterocycles. The number of para-hydroxylation sites is 1. The normalized spacial score (nSPS) is 17.1. The van der Waals surface area contributed by atoms with E-state index in [0.29, 0.717) is 29.5 Å². The van der Waals surface area contributed by atoms with Gasteiger partial charge in [0.25, 0.3) is 11.8 Å². The fraction of sp³-hybridized carbons (Fsp3) is 0.222. The number of imide groups is 1. The molecule has 0 unspecified atom stereocenters. The van der Waals surface area contributed by atoms with Crippen LogP contribution in [0.25, 0.3) is 0 Å². The third-order valence-electron chi connectivity index (χ3n) is 4.22. The summed E-state index contributed by atoms with van der Waals surface area (Å²) < 4.78 is 35.3. The molecule has 0 radical (unpaired) electrons. The van der Waals surface area contributed by atoms with Crippen LogP contribution in [0.4, 0.5) is 8.78 Å². The van der Waals surface area contributed by atoms with E-state index in [1.54, 1.807) is 36.4 Å². The van der Waals surface area contributed by atoms with Gasteiger partial charge in [-0.25, -0.2) is 0 Å².